The first-order valence-corrected chi connectivity index (χ1v) is 10.2. The molecule has 0 atom stereocenters. The average Bonchev–Trinajstić information content (AvgIpc) is 3.44. The van der Waals surface area contributed by atoms with Gasteiger partial charge in [-0.2, -0.15) is 4.68 Å². The van der Waals surface area contributed by atoms with Crippen LogP contribution in [0.15, 0.2) is 42.5 Å². The first-order chi connectivity index (χ1) is 15.2. The van der Waals surface area contributed by atoms with Crippen molar-refractivity contribution in [3.05, 3.63) is 53.3 Å². The maximum Gasteiger partial charge on any atom is 0.321 e. The Morgan fingerprint density at radius 3 is 2.61 bits per heavy atom. The molecule has 0 spiro atoms. The van der Waals surface area contributed by atoms with Gasteiger partial charge in [0.25, 0.3) is 0 Å². The first kappa shape index (κ1) is 19.6. The van der Waals surface area contributed by atoms with E-state index >= 15 is 0 Å². The highest BCUT2D eigenvalue weighted by molar-refractivity contribution is 6.30. The Morgan fingerprint density at radius 2 is 1.81 bits per heavy atom. The lowest BCUT2D eigenvalue weighted by atomic mass is 10.2. The number of hydrogen-bond acceptors (Lipinski definition) is 7. The van der Waals surface area contributed by atoms with E-state index in [1.54, 1.807) is 39.9 Å². The third kappa shape index (κ3) is 4.25. The van der Waals surface area contributed by atoms with E-state index in [1.165, 1.54) is 0 Å². The van der Waals surface area contributed by atoms with Gasteiger partial charge in [0.15, 0.2) is 17.3 Å². The van der Waals surface area contributed by atoms with Crippen LogP contribution in [0.3, 0.4) is 0 Å². The summed E-state index contributed by atoms with van der Waals surface area (Å²) in [6.45, 7) is 3.46. The molecule has 3 aromatic rings. The summed E-state index contributed by atoms with van der Waals surface area (Å²) in [6.07, 6.45) is 0. The fourth-order valence-corrected chi connectivity index (χ4v) is 3.70. The van der Waals surface area contributed by atoms with Crippen molar-refractivity contribution >= 4 is 23.3 Å². The van der Waals surface area contributed by atoms with Crippen molar-refractivity contribution in [3.8, 4) is 17.2 Å². The number of fused-ring (bicyclic) bond motifs is 1. The number of ether oxygens (including phenoxy) is 2. The zero-order valence-corrected chi connectivity index (χ0v) is 17.3. The molecule has 11 heteroatoms. The monoisotopic (exact) mass is 441 g/mol. The molecule has 2 aliphatic heterocycles. The van der Waals surface area contributed by atoms with Gasteiger partial charge in [0.05, 0.1) is 12.2 Å². The van der Waals surface area contributed by atoms with Crippen molar-refractivity contribution in [2.45, 2.75) is 6.54 Å². The molecule has 10 nitrogen and oxygen atoms in total. The Balaban J connectivity index is 1.16. The fourth-order valence-electron chi connectivity index (χ4n) is 3.57. The molecular weight excluding hydrogens is 422 g/mol. The fraction of sp³-hybridized carbons (Fsp3) is 0.300. The summed E-state index contributed by atoms with van der Waals surface area (Å²) in [5, 5.41) is 15.6. The van der Waals surface area contributed by atoms with Crippen molar-refractivity contribution in [2.75, 3.05) is 38.3 Å². The summed E-state index contributed by atoms with van der Waals surface area (Å²) in [7, 11) is 0. The van der Waals surface area contributed by atoms with Crippen LogP contribution in [0.4, 0.5) is 10.5 Å². The van der Waals surface area contributed by atoms with Gasteiger partial charge in [-0.1, -0.05) is 11.6 Å². The molecule has 0 radical (unpaired) electrons. The molecule has 1 fully saturated rings. The Hall–Kier alpha value is -3.37. The van der Waals surface area contributed by atoms with Crippen molar-refractivity contribution in [3.63, 3.8) is 0 Å². The zero-order valence-electron chi connectivity index (χ0n) is 16.6. The van der Waals surface area contributed by atoms with E-state index in [-0.39, 0.29) is 12.8 Å². The molecule has 160 valence electrons. The van der Waals surface area contributed by atoms with Crippen LogP contribution in [0.25, 0.3) is 5.69 Å². The lowest BCUT2D eigenvalue weighted by Gasteiger charge is -2.34. The second-order valence-corrected chi connectivity index (χ2v) is 7.68. The second kappa shape index (κ2) is 8.40. The Bertz CT molecular complexity index is 1080. The smallest absolute Gasteiger partial charge is 0.321 e. The predicted molar refractivity (Wildman–Crippen MR) is 113 cm³/mol. The van der Waals surface area contributed by atoms with E-state index in [9.17, 15) is 4.79 Å². The molecule has 1 saturated heterocycles. The predicted octanol–water partition coefficient (Wildman–Crippen LogP) is 2.39. The summed E-state index contributed by atoms with van der Waals surface area (Å²) in [5.41, 5.74) is 1.53. The van der Waals surface area contributed by atoms with E-state index in [4.69, 9.17) is 21.1 Å². The minimum Gasteiger partial charge on any atom is -0.454 e. The number of piperazine rings is 1. The van der Waals surface area contributed by atoms with Crippen LogP contribution in [0.5, 0.6) is 11.5 Å². The number of halogens is 1. The van der Waals surface area contributed by atoms with Crippen LogP contribution >= 0.6 is 11.6 Å². The number of urea groups is 1. The number of anilines is 1. The second-order valence-electron chi connectivity index (χ2n) is 7.24. The van der Waals surface area contributed by atoms with Crippen LogP contribution < -0.4 is 14.8 Å². The molecule has 5 rings (SSSR count). The van der Waals surface area contributed by atoms with E-state index in [0.717, 1.165) is 24.6 Å². The van der Waals surface area contributed by atoms with Crippen molar-refractivity contribution in [2.24, 2.45) is 0 Å². The van der Waals surface area contributed by atoms with Crippen LogP contribution in [0.2, 0.25) is 5.02 Å². The molecule has 0 saturated carbocycles. The maximum atomic E-state index is 12.6. The zero-order chi connectivity index (χ0) is 21.2. The standard InChI is InChI=1S/C20H20ClN7O3/c21-14-1-4-16(5-2-14)28-19(23-24-25-28)12-26-7-9-27(10-8-26)20(29)22-15-3-6-17-18(11-15)31-13-30-17/h1-6,11H,7-10,12-13H2,(H,22,29). The van der Waals surface area contributed by atoms with Crippen LogP contribution in [-0.2, 0) is 6.54 Å². The van der Waals surface area contributed by atoms with E-state index in [2.05, 4.69) is 25.7 Å². The molecule has 1 N–H and O–H groups in total. The van der Waals surface area contributed by atoms with Gasteiger partial charge in [-0.25, -0.2) is 4.79 Å². The van der Waals surface area contributed by atoms with Gasteiger partial charge in [-0.15, -0.1) is 5.10 Å². The number of nitrogens with zero attached hydrogens (tertiary/aromatic N) is 6. The highest BCUT2D eigenvalue weighted by Crippen LogP contribution is 2.34. The average molecular weight is 442 g/mol. The maximum absolute atomic E-state index is 12.6. The van der Waals surface area contributed by atoms with E-state index in [0.29, 0.717) is 41.8 Å². The van der Waals surface area contributed by atoms with Crippen molar-refractivity contribution < 1.29 is 14.3 Å². The normalized spacial score (nSPS) is 15.8. The van der Waals surface area contributed by atoms with Crippen molar-refractivity contribution in [1.29, 1.82) is 0 Å². The summed E-state index contributed by atoms with van der Waals surface area (Å²) in [6, 6.07) is 12.6. The summed E-state index contributed by atoms with van der Waals surface area (Å²) in [5.74, 6) is 2.06. The molecule has 0 aliphatic carbocycles. The number of benzene rings is 2. The Morgan fingerprint density at radius 1 is 1.03 bits per heavy atom. The molecule has 0 bridgehead atoms. The molecule has 2 amide bonds. The minimum absolute atomic E-state index is 0.135. The largest absolute Gasteiger partial charge is 0.454 e. The number of amides is 2. The first-order valence-electron chi connectivity index (χ1n) is 9.87. The molecule has 2 aromatic carbocycles. The SMILES string of the molecule is O=C(Nc1ccc2c(c1)OCO2)N1CCN(Cc2nnnn2-c2ccc(Cl)cc2)CC1. The van der Waals surface area contributed by atoms with Gasteiger partial charge in [-0.3, -0.25) is 4.90 Å². The van der Waals surface area contributed by atoms with Crippen LogP contribution in [-0.4, -0.2) is 69.0 Å². The molecule has 1 aromatic heterocycles. The summed E-state index contributed by atoms with van der Waals surface area (Å²) < 4.78 is 12.4. The molecule has 3 heterocycles. The quantitative estimate of drug-likeness (QED) is 0.663. The number of tetrazole rings is 1. The number of aromatic nitrogens is 4. The van der Waals surface area contributed by atoms with Gasteiger partial charge >= 0.3 is 6.03 Å². The Kier molecular flexibility index (Phi) is 5.31. The topological polar surface area (TPSA) is 97.6 Å². The highest BCUT2D eigenvalue weighted by Gasteiger charge is 2.23. The molecule has 0 unspecified atom stereocenters. The number of carbonyl (C=O) groups is 1. The van der Waals surface area contributed by atoms with E-state index < -0.39 is 0 Å². The minimum atomic E-state index is -0.135. The molecule has 2 aliphatic rings. The van der Waals surface area contributed by atoms with Gasteiger partial charge in [0.2, 0.25) is 6.79 Å². The lowest BCUT2D eigenvalue weighted by molar-refractivity contribution is 0.140. The lowest BCUT2D eigenvalue weighted by Crippen LogP contribution is -2.49. The van der Waals surface area contributed by atoms with Crippen LogP contribution in [0, 0.1) is 0 Å². The third-order valence-electron chi connectivity index (χ3n) is 5.25. The van der Waals surface area contributed by atoms with E-state index in [1.807, 2.05) is 12.1 Å². The van der Waals surface area contributed by atoms with Gasteiger partial charge in [0.1, 0.15) is 0 Å². The summed E-state index contributed by atoms with van der Waals surface area (Å²) in [4.78, 5) is 16.7. The molecule has 31 heavy (non-hydrogen) atoms. The number of nitrogens with one attached hydrogen (secondary N) is 1. The number of hydrogen-bond donors (Lipinski definition) is 1. The highest BCUT2D eigenvalue weighted by atomic mass is 35.5. The number of rotatable bonds is 4. The number of carbonyl (C=O) groups excluding carboxylic acids is 1. The van der Waals surface area contributed by atoms with Gasteiger partial charge in [-0.05, 0) is 46.8 Å². The Labute approximate surface area is 183 Å². The van der Waals surface area contributed by atoms with Gasteiger partial charge in [0, 0.05) is 43.0 Å². The van der Waals surface area contributed by atoms with Crippen LogP contribution in [0.1, 0.15) is 5.82 Å². The van der Waals surface area contributed by atoms with Crippen molar-refractivity contribution in [1.82, 2.24) is 30.0 Å². The van der Waals surface area contributed by atoms with Gasteiger partial charge < -0.3 is 19.7 Å². The molecular formula is C20H20ClN7O3. The summed E-state index contributed by atoms with van der Waals surface area (Å²) >= 11 is 5.97. The third-order valence-corrected chi connectivity index (χ3v) is 5.51.